The lowest BCUT2D eigenvalue weighted by atomic mass is 9.92. The second-order valence-corrected chi connectivity index (χ2v) is 4.65. The summed E-state index contributed by atoms with van der Waals surface area (Å²) in [5.41, 5.74) is 0. The Morgan fingerprint density at radius 2 is 1.85 bits per heavy atom. The molecule has 0 fully saturated rings. The molecule has 3 atom stereocenters. The van der Waals surface area contributed by atoms with Crippen molar-refractivity contribution in [2.45, 2.75) is 51.4 Å². The maximum Gasteiger partial charge on any atom is 0.154 e. The summed E-state index contributed by atoms with van der Waals surface area (Å²) in [6.07, 6.45) is 4.55. The summed E-state index contributed by atoms with van der Waals surface area (Å²) in [5.74, 6) is -0.132. The lowest BCUT2D eigenvalue weighted by molar-refractivity contribution is 0.128. The minimum atomic E-state index is -1.69. The molecule has 0 aliphatic heterocycles. The zero-order valence-corrected chi connectivity index (χ0v) is 9.81. The summed E-state index contributed by atoms with van der Waals surface area (Å²) in [4.78, 5) is 0. The average Bonchev–Trinajstić information content (AvgIpc) is 2.12. The highest BCUT2D eigenvalue weighted by Crippen LogP contribution is 2.36. The summed E-state index contributed by atoms with van der Waals surface area (Å²) >= 11 is 0. The van der Waals surface area contributed by atoms with Gasteiger partial charge in [-0.05, 0) is 18.8 Å². The molecule has 0 aliphatic rings. The Kier molecular flexibility index (Phi) is 6.85. The van der Waals surface area contributed by atoms with E-state index in [9.17, 15) is 8.78 Å². The van der Waals surface area contributed by atoms with Gasteiger partial charge in [-0.15, -0.1) is 0 Å². The van der Waals surface area contributed by atoms with Crippen molar-refractivity contribution in [1.82, 2.24) is 0 Å². The van der Waals surface area contributed by atoms with Crippen LogP contribution in [0.2, 0.25) is 0 Å². The third kappa shape index (κ3) is 4.90. The van der Waals surface area contributed by atoms with E-state index >= 15 is 0 Å². The molecule has 3 unspecified atom stereocenters. The minimum absolute atomic E-state index is 0.132. The van der Waals surface area contributed by atoms with Crippen molar-refractivity contribution in [3.63, 3.8) is 0 Å². The molecule has 0 saturated heterocycles. The summed E-state index contributed by atoms with van der Waals surface area (Å²) in [6, 6.07) is 0. The fourth-order valence-electron chi connectivity index (χ4n) is 1.53. The maximum atomic E-state index is 13.6. The van der Waals surface area contributed by atoms with Gasteiger partial charge in [0, 0.05) is 0 Å². The summed E-state index contributed by atoms with van der Waals surface area (Å²) in [5, 5.41) is -1.69. The van der Waals surface area contributed by atoms with E-state index in [1.165, 1.54) is 0 Å². The molecule has 80 valence electrons. The van der Waals surface area contributed by atoms with Crippen molar-refractivity contribution in [3.05, 3.63) is 0 Å². The first-order chi connectivity index (χ1) is 6.08. The summed E-state index contributed by atoms with van der Waals surface area (Å²) in [7, 11) is 2.03. The Morgan fingerprint density at radius 1 is 1.23 bits per heavy atom. The van der Waals surface area contributed by atoms with Gasteiger partial charge in [0.2, 0.25) is 0 Å². The molecule has 0 saturated carbocycles. The highest BCUT2D eigenvalue weighted by atomic mass is 31.0. The first kappa shape index (κ1) is 13.3. The monoisotopic (exact) mass is 210 g/mol. The molecule has 0 aromatic carbocycles. The third-order valence-electron chi connectivity index (χ3n) is 2.43. The molecular weight excluding hydrogens is 189 g/mol. The van der Waals surface area contributed by atoms with Crippen LogP contribution in [0, 0.1) is 5.92 Å². The van der Waals surface area contributed by atoms with Crippen LogP contribution in [0.15, 0.2) is 0 Å². The molecule has 0 aromatic heterocycles. The molecule has 0 radical (unpaired) electrons. The van der Waals surface area contributed by atoms with Crippen LogP contribution in [0.1, 0.15) is 46.0 Å². The van der Waals surface area contributed by atoms with Gasteiger partial charge in [-0.1, -0.05) is 42.3 Å². The second kappa shape index (κ2) is 6.70. The van der Waals surface area contributed by atoms with E-state index in [1.807, 2.05) is 16.2 Å². The van der Waals surface area contributed by atoms with E-state index in [-0.39, 0.29) is 5.92 Å². The topological polar surface area (TPSA) is 0 Å². The molecule has 3 heteroatoms. The number of alkyl halides is 2. The van der Waals surface area contributed by atoms with Gasteiger partial charge in [0.25, 0.3) is 0 Å². The highest BCUT2D eigenvalue weighted by molar-refractivity contribution is 7.18. The molecule has 0 nitrogen and oxygen atoms in total. The fourth-order valence-corrected chi connectivity index (χ4v) is 1.87. The fraction of sp³-hybridized carbons (Fsp3) is 1.00. The Hall–Kier alpha value is 0.290. The van der Waals surface area contributed by atoms with Crippen LogP contribution in [-0.2, 0) is 0 Å². The van der Waals surface area contributed by atoms with E-state index in [1.54, 1.807) is 0 Å². The van der Waals surface area contributed by atoms with Gasteiger partial charge in [0.1, 0.15) is 6.67 Å². The van der Waals surface area contributed by atoms with Gasteiger partial charge in [-0.25, -0.2) is 8.78 Å². The third-order valence-corrected chi connectivity index (χ3v) is 3.05. The van der Waals surface area contributed by atoms with Crippen molar-refractivity contribution >= 4 is 9.24 Å². The van der Waals surface area contributed by atoms with E-state index in [0.717, 1.165) is 32.1 Å². The maximum absolute atomic E-state index is 13.6. The van der Waals surface area contributed by atoms with Crippen LogP contribution in [0.3, 0.4) is 0 Å². The smallest absolute Gasteiger partial charge is 0.154 e. The number of hydrogen-bond donors (Lipinski definition) is 0. The number of hydrogen-bond acceptors (Lipinski definition) is 0. The van der Waals surface area contributed by atoms with Crippen LogP contribution < -0.4 is 0 Å². The zero-order valence-electron chi connectivity index (χ0n) is 8.65. The normalized spacial score (nSPS) is 18.2. The van der Waals surface area contributed by atoms with Crippen LogP contribution in [0.5, 0.6) is 0 Å². The Morgan fingerprint density at radius 3 is 2.23 bits per heavy atom. The quantitative estimate of drug-likeness (QED) is 0.555. The predicted octanol–water partition coefficient (Wildman–Crippen LogP) is 4.10. The van der Waals surface area contributed by atoms with Gasteiger partial charge >= 0.3 is 0 Å². The molecule has 0 amide bonds. The van der Waals surface area contributed by atoms with Crippen LogP contribution in [0.4, 0.5) is 8.78 Å². The largest absolute Gasteiger partial charge is 0.247 e. The lowest BCUT2D eigenvalue weighted by Gasteiger charge is -2.27. The highest BCUT2D eigenvalue weighted by Gasteiger charge is 2.33. The van der Waals surface area contributed by atoms with E-state index in [0.29, 0.717) is 0 Å². The lowest BCUT2D eigenvalue weighted by Crippen LogP contribution is -2.28. The van der Waals surface area contributed by atoms with Gasteiger partial charge in [0.05, 0.1) is 0 Å². The SMILES string of the molecule is CCCCC(CCC)C(F)(P)CF. The predicted molar refractivity (Wildman–Crippen MR) is 57.4 cm³/mol. The standard InChI is InChI=1S/C10H21F2P/c1-3-5-7-9(6-4-2)10(12,13)8-11/h9H,3-8,13H2,1-2H3. The van der Waals surface area contributed by atoms with Crippen LogP contribution >= 0.6 is 9.24 Å². The van der Waals surface area contributed by atoms with Crippen molar-refractivity contribution in [1.29, 1.82) is 0 Å². The van der Waals surface area contributed by atoms with E-state index in [2.05, 4.69) is 6.92 Å². The molecule has 0 aromatic rings. The molecule has 0 N–H and O–H groups in total. The molecule has 0 spiro atoms. The van der Waals surface area contributed by atoms with Crippen molar-refractivity contribution in [2.75, 3.05) is 6.67 Å². The molecular formula is C10H21F2P. The Balaban J connectivity index is 4.05. The molecule has 0 heterocycles. The number of unbranched alkanes of at least 4 members (excludes halogenated alkanes) is 1. The summed E-state index contributed by atoms with van der Waals surface area (Å²) < 4.78 is 26.0. The van der Waals surface area contributed by atoms with Crippen molar-refractivity contribution < 1.29 is 8.78 Å². The van der Waals surface area contributed by atoms with E-state index < -0.39 is 12.1 Å². The van der Waals surface area contributed by atoms with Gasteiger partial charge < -0.3 is 0 Å². The number of rotatable bonds is 7. The Bertz CT molecular complexity index is 126. The van der Waals surface area contributed by atoms with Crippen molar-refractivity contribution in [2.24, 2.45) is 5.92 Å². The summed E-state index contributed by atoms with van der Waals surface area (Å²) in [6.45, 7) is 3.20. The number of halogens is 2. The van der Waals surface area contributed by atoms with Gasteiger partial charge in [0.15, 0.2) is 5.41 Å². The van der Waals surface area contributed by atoms with Gasteiger partial charge in [-0.2, -0.15) is 0 Å². The zero-order chi connectivity index (χ0) is 10.3. The first-order valence-electron chi connectivity index (χ1n) is 5.12. The minimum Gasteiger partial charge on any atom is -0.247 e. The molecule has 13 heavy (non-hydrogen) atoms. The van der Waals surface area contributed by atoms with Crippen LogP contribution in [-0.4, -0.2) is 12.1 Å². The second-order valence-electron chi connectivity index (χ2n) is 3.69. The first-order valence-corrected chi connectivity index (χ1v) is 5.70. The van der Waals surface area contributed by atoms with Crippen LogP contribution in [0.25, 0.3) is 0 Å². The van der Waals surface area contributed by atoms with Crippen molar-refractivity contribution in [3.8, 4) is 0 Å². The molecule has 0 bridgehead atoms. The molecule has 0 aliphatic carbocycles. The van der Waals surface area contributed by atoms with Gasteiger partial charge in [-0.3, -0.25) is 0 Å². The van der Waals surface area contributed by atoms with E-state index in [4.69, 9.17) is 0 Å². The molecule has 0 rings (SSSR count). The Labute approximate surface area is 82.7 Å². The average molecular weight is 210 g/mol.